The van der Waals surface area contributed by atoms with Crippen molar-refractivity contribution in [2.24, 2.45) is 11.8 Å². The third-order valence-electron chi connectivity index (χ3n) is 3.46. The van der Waals surface area contributed by atoms with Crippen LogP contribution >= 0.6 is 12.6 Å². The van der Waals surface area contributed by atoms with Crippen LogP contribution in [0.5, 0.6) is 0 Å². The lowest BCUT2D eigenvalue weighted by atomic mass is 9.90. The molecule has 0 radical (unpaired) electrons. The number of ether oxygens (including phenoxy) is 1. The molecule has 15 heavy (non-hydrogen) atoms. The Labute approximate surface area is 100 Å². The molecule has 0 aromatic heterocycles. The molecule has 1 saturated carbocycles. The van der Waals surface area contributed by atoms with E-state index in [0.29, 0.717) is 0 Å². The maximum Gasteiger partial charge on any atom is 0.0494 e. The van der Waals surface area contributed by atoms with Gasteiger partial charge < -0.3 is 4.74 Å². The van der Waals surface area contributed by atoms with E-state index >= 15 is 0 Å². The fourth-order valence-electron chi connectivity index (χ4n) is 2.25. The van der Waals surface area contributed by atoms with Crippen molar-refractivity contribution in [1.82, 2.24) is 0 Å². The van der Waals surface area contributed by atoms with Crippen LogP contribution in [0.1, 0.15) is 51.9 Å². The Morgan fingerprint density at radius 1 is 1.20 bits per heavy atom. The Kier molecular flexibility index (Phi) is 7.54. The van der Waals surface area contributed by atoms with Crippen LogP contribution in [0.2, 0.25) is 0 Å². The molecule has 1 nitrogen and oxygen atoms in total. The summed E-state index contributed by atoms with van der Waals surface area (Å²) in [7, 11) is 0. The van der Waals surface area contributed by atoms with Gasteiger partial charge in [-0.25, -0.2) is 0 Å². The molecule has 0 heterocycles. The monoisotopic (exact) mass is 230 g/mol. The highest BCUT2D eigenvalue weighted by Gasteiger charge is 2.13. The molecule has 0 aromatic rings. The normalized spacial score (nSPS) is 20.4. The van der Waals surface area contributed by atoms with Gasteiger partial charge in [0.25, 0.3) is 0 Å². The zero-order valence-electron chi connectivity index (χ0n) is 10.1. The van der Waals surface area contributed by atoms with E-state index in [1.54, 1.807) is 0 Å². The van der Waals surface area contributed by atoms with E-state index in [4.69, 9.17) is 4.74 Å². The van der Waals surface area contributed by atoms with Crippen LogP contribution in [0.25, 0.3) is 0 Å². The zero-order chi connectivity index (χ0) is 10.9. The Morgan fingerprint density at radius 3 is 2.60 bits per heavy atom. The van der Waals surface area contributed by atoms with Crippen molar-refractivity contribution in [3.05, 3.63) is 0 Å². The van der Waals surface area contributed by atoms with E-state index in [1.165, 1.54) is 44.9 Å². The van der Waals surface area contributed by atoms with Crippen LogP contribution in [0.3, 0.4) is 0 Å². The summed E-state index contributed by atoms with van der Waals surface area (Å²) >= 11 is 4.25. The number of thiol groups is 1. The molecule has 1 atom stereocenters. The van der Waals surface area contributed by atoms with Crippen molar-refractivity contribution in [1.29, 1.82) is 0 Å². The Balaban J connectivity index is 1.91. The second kappa shape index (κ2) is 8.46. The van der Waals surface area contributed by atoms with Gasteiger partial charge >= 0.3 is 0 Å². The van der Waals surface area contributed by atoms with Crippen molar-refractivity contribution < 1.29 is 4.74 Å². The van der Waals surface area contributed by atoms with Crippen LogP contribution in [0, 0.1) is 11.8 Å². The predicted molar refractivity (Wildman–Crippen MR) is 69.6 cm³/mol. The van der Waals surface area contributed by atoms with Gasteiger partial charge in [0, 0.05) is 13.2 Å². The van der Waals surface area contributed by atoms with Gasteiger partial charge in [0.2, 0.25) is 0 Å². The first kappa shape index (κ1) is 13.4. The second-order valence-electron chi connectivity index (χ2n) is 4.99. The van der Waals surface area contributed by atoms with Crippen LogP contribution < -0.4 is 0 Å². The van der Waals surface area contributed by atoms with Gasteiger partial charge in [-0.05, 0) is 43.3 Å². The molecule has 1 aliphatic carbocycles. The molecular formula is C13H26OS. The SMILES string of the molecule is CC(CCS)CCOCC1CCCCC1. The summed E-state index contributed by atoms with van der Waals surface area (Å²) in [6.07, 6.45) is 9.49. The molecule has 0 saturated heterocycles. The van der Waals surface area contributed by atoms with Crippen molar-refractivity contribution in [3.8, 4) is 0 Å². The summed E-state index contributed by atoms with van der Waals surface area (Å²) in [5, 5.41) is 0. The van der Waals surface area contributed by atoms with Gasteiger partial charge in [-0.2, -0.15) is 12.6 Å². The molecular weight excluding hydrogens is 204 g/mol. The van der Waals surface area contributed by atoms with Gasteiger partial charge in [0.05, 0.1) is 0 Å². The van der Waals surface area contributed by atoms with Gasteiger partial charge in [-0.15, -0.1) is 0 Å². The lowest BCUT2D eigenvalue weighted by Crippen LogP contribution is -2.14. The van der Waals surface area contributed by atoms with Gasteiger partial charge in [0.15, 0.2) is 0 Å². The van der Waals surface area contributed by atoms with Crippen molar-refractivity contribution in [2.75, 3.05) is 19.0 Å². The van der Waals surface area contributed by atoms with E-state index in [9.17, 15) is 0 Å². The molecule has 1 rings (SSSR count). The smallest absolute Gasteiger partial charge is 0.0494 e. The highest BCUT2D eigenvalue weighted by molar-refractivity contribution is 7.80. The largest absolute Gasteiger partial charge is 0.381 e. The molecule has 0 aromatic carbocycles. The number of rotatable bonds is 7. The van der Waals surface area contributed by atoms with Crippen LogP contribution in [0.4, 0.5) is 0 Å². The summed E-state index contributed by atoms with van der Waals surface area (Å²) in [6, 6.07) is 0. The first-order valence-corrected chi connectivity index (χ1v) is 7.14. The molecule has 1 fully saturated rings. The highest BCUT2D eigenvalue weighted by atomic mass is 32.1. The number of hydrogen-bond donors (Lipinski definition) is 1. The third kappa shape index (κ3) is 6.47. The second-order valence-corrected chi connectivity index (χ2v) is 5.43. The van der Waals surface area contributed by atoms with E-state index in [1.807, 2.05) is 0 Å². The fourth-order valence-corrected chi connectivity index (χ4v) is 2.69. The zero-order valence-corrected chi connectivity index (χ0v) is 11.0. The molecule has 0 N–H and O–H groups in total. The highest BCUT2D eigenvalue weighted by Crippen LogP contribution is 2.23. The minimum Gasteiger partial charge on any atom is -0.381 e. The van der Waals surface area contributed by atoms with Gasteiger partial charge in [-0.1, -0.05) is 26.2 Å². The van der Waals surface area contributed by atoms with Crippen LogP contribution in [-0.4, -0.2) is 19.0 Å². The fraction of sp³-hybridized carbons (Fsp3) is 1.00. The lowest BCUT2D eigenvalue weighted by Gasteiger charge is -2.21. The molecule has 90 valence electrons. The molecule has 1 unspecified atom stereocenters. The van der Waals surface area contributed by atoms with E-state index in [2.05, 4.69) is 19.6 Å². The molecule has 0 aliphatic heterocycles. The van der Waals surface area contributed by atoms with E-state index in [-0.39, 0.29) is 0 Å². The first-order chi connectivity index (χ1) is 7.33. The standard InChI is InChI=1S/C13H26OS/c1-12(8-10-15)7-9-14-11-13-5-3-2-4-6-13/h12-13,15H,2-11H2,1H3. The minimum absolute atomic E-state index is 0.772. The van der Waals surface area contributed by atoms with Crippen molar-refractivity contribution in [2.45, 2.75) is 51.9 Å². The summed E-state index contributed by atoms with van der Waals surface area (Å²) in [4.78, 5) is 0. The first-order valence-electron chi connectivity index (χ1n) is 6.51. The number of hydrogen-bond acceptors (Lipinski definition) is 2. The Morgan fingerprint density at radius 2 is 1.93 bits per heavy atom. The maximum absolute atomic E-state index is 5.77. The van der Waals surface area contributed by atoms with Gasteiger partial charge in [0.1, 0.15) is 0 Å². The molecule has 0 amide bonds. The summed E-state index contributed by atoms with van der Waals surface area (Å²) in [5.41, 5.74) is 0. The average Bonchev–Trinajstić information content (AvgIpc) is 2.26. The van der Waals surface area contributed by atoms with Crippen LogP contribution in [-0.2, 0) is 4.74 Å². The summed E-state index contributed by atoms with van der Waals surface area (Å²) in [5.74, 6) is 2.64. The van der Waals surface area contributed by atoms with Crippen molar-refractivity contribution in [3.63, 3.8) is 0 Å². The summed E-state index contributed by atoms with van der Waals surface area (Å²) in [6.45, 7) is 4.25. The van der Waals surface area contributed by atoms with Crippen LogP contribution in [0.15, 0.2) is 0 Å². The van der Waals surface area contributed by atoms with E-state index in [0.717, 1.165) is 30.8 Å². The Hall–Kier alpha value is 0.310. The molecule has 0 bridgehead atoms. The lowest BCUT2D eigenvalue weighted by molar-refractivity contribution is 0.0769. The van der Waals surface area contributed by atoms with E-state index < -0.39 is 0 Å². The van der Waals surface area contributed by atoms with Crippen molar-refractivity contribution >= 4 is 12.6 Å². The predicted octanol–water partition coefficient (Wildman–Crippen LogP) is 3.93. The topological polar surface area (TPSA) is 9.23 Å². The quantitative estimate of drug-likeness (QED) is 0.515. The average molecular weight is 230 g/mol. The van der Waals surface area contributed by atoms with Gasteiger partial charge in [-0.3, -0.25) is 0 Å². The minimum atomic E-state index is 0.772. The third-order valence-corrected chi connectivity index (χ3v) is 3.71. The maximum atomic E-state index is 5.77. The molecule has 0 spiro atoms. The Bertz CT molecular complexity index is 143. The molecule has 1 aliphatic rings. The summed E-state index contributed by atoms with van der Waals surface area (Å²) < 4.78 is 5.77. The molecule has 2 heteroatoms.